The summed E-state index contributed by atoms with van der Waals surface area (Å²) < 4.78 is 22.6. The molecule has 2 atom stereocenters. The molecule has 354 valence electrons. The van der Waals surface area contributed by atoms with Crippen molar-refractivity contribution in [1.82, 2.24) is 0 Å². The van der Waals surface area contributed by atoms with Crippen LogP contribution in [-0.4, -0.2) is 82.3 Å². The average Bonchev–Trinajstić information content (AvgIpc) is 3.21. The summed E-state index contributed by atoms with van der Waals surface area (Å²) in [6, 6.07) is 0. The van der Waals surface area contributed by atoms with Crippen molar-refractivity contribution in [2.24, 2.45) is 0 Å². The molecular weight excluding hydrogens is 755 g/mol. The Balaban J connectivity index is 4.21. The van der Waals surface area contributed by atoms with Crippen LogP contribution >= 0.6 is 0 Å². The lowest BCUT2D eigenvalue weighted by atomic mass is 10.0. The van der Waals surface area contributed by atoms with Crippen LogP contribution in [0.25, 0.3) is 0 Å². The maximum atomic E-state index is 12.7. The Hall–Kier alpha value is -1.97. The van der Waals surface area contributed by atoms with Crippen LogP contribution in [0.15, 0.2) is 12.2 Å². The van der Waals surface area contributed by atoms with Gasteiger partial charge in [0.25, 0.3) is 0 Å². The van der Waals surface area contributed by atoms with Gasteiger partial charge in [-0.2, -0.15) is 0 Å². The maximum absolute atomic E-state index is 12.7. The fourth-order valence-corrected chi connectivity index (χ4v) is 7.30. The molecule has 0 aliphatic heterocycles. The highest BCUT2D eigenvalue weighted by Crippen LogP contribution is 2.16. The molecular formula is C51H97NO8. The van der Waals surface area contributed by atoms with Gasteiger partial charge in [0.05, 0.1) is 40.3 Å². The largest absolute Gasteiger partial charge is 0.545 e. The first-order valence-electron chi connectivity index (χ1n) is 25.3. The first kappa shape index (κ1) is 58.0. The first-order valence-corrected chi connectivity index (χ1v) is 25.3. The fourth-order valence-electron chi connectivity index (χ4n) is 7.30. The Morgan fingerprint density at radius 3 is 1.27 bits per heavy atom. The van der Waals surface area contributed by atoms with E-state index in [1.54, 1.807) is 0 Å². The lowest BCUT2D eigenvalue weighted by molar-refractivity contribution is -0.870. The van der Waals surface area contributed by atoms with Gasteiger partial charge >= 0.3 is 11.9 Å². The van der Waals surface area contributed by atoms with Crippen molar-refractivity contribution in [3.8, 4) is 0 Å². The molecule has 0 spiro atoms. The van der Waals surface area contributed by atoms with E-state index in [1.165, 1.54) is 154 Å². The van der Waals surface area contributed by atoms with Crippen molar-refractivity contribution < 1.29 is 42.9 Å². The van der Waals surface area contributed by atoms with Crippen molar-refractivity contribution in [3.05, 3.63) is 12.2 Å². The molecule has 0 radical (unpaired) electrons. The van der Waals surface area contributed by atoms with E-state index < -0.39 is 24.3 Å². The smallest absolute Gasteiger partial charge is 0.306 e. The second-order valence-electron chi connectivity index (χ2n) is 18.5. The SMILES string of the molecule is CCCCC/C=C\CCCCCCCC(=O)OC(COC(=O)CCCCCCCCCCCCCCCCCCCCCCCCC)COC(OCC[N+](C)(C)C)C(=O)[O-]. The van der Waals surface area contributed by atoms with Gasteiger partial charge in [0.2, 0.25) is 0 Å². The summed E-state index contributed by atoms with van der Waals surface area (Å²) in [4.78, 5) is 37.0. The van der Waals surface area contributed by atoms with Gasteiger partial charge < -0.3 is 33.3 Å². The second kappa shape index (κ2) is 43.7. The minimum atomic E-state index is -1.62. The normalized spacial score (nSPS) is 12.9. The summed E-state index contributed by atoms with van der Waals surface area (Å²) in [7, 11) is 5.91. The molecule has 0 bridgehead atoms. The molecule has 0 N–H and O–H groups in total. The zero-order chi connectivity index (χ0) is 44.2. The summed E-state index contributed by atoms with van der Waals surface area (Å²) >= 11 is 0. The number of likely N-dealkylation sites (N-methyl/N-ethyl adjacent to an activating group) is 1. The van der Waals surface area contributed by atoms with Crippen LogP contribution < -0.4 is 5.11 Å². The number of allylic oxidation sites excluding steroid dienone is 2. The minimum absolute atomic E-state index is 0.149. The minimum Gasteiger partial charge on any atom is -0.545 e. The molecule has 2 unspecified atom stereocenters. The van der Waals surface area contributed by atoms with E-state index in [0.717, 1.165) is 51.4 Å². The van der Waals surface area contributed by atoms with Crippen LogP contribution in [0, 0.1) is 0 Å². The molecule has 0 heterocycles. The molecule has 0 aliphatic rings. The third-order valence-electron chi connectivity index (χ3n) is 11.3. The van der Waals surface area contributed by atoms with Gasteiger partial charge in [-0.25, -0.2) is 0 Å². The Morgan fingerprint density at radius 2 is 0.850 bits per heavy atom. The number of aliphatic carboxylic acids is 1. The quantitative estimate of drug-likeness (QED) is 0.0196. The van der Waals surface area contributed by atoms with Crippen molar-refractivity contribution in [3.63, 3.8) is 0 Å². The molecule has 0 saturated heterocycles. The Labute approximate surface area is 370 Å². The molecule has 0 rings (SSSR count). The number of rotatable bonds is 47. The molecule has 9 heteroatoms. The zero-order valence-electron chi connectivity index (χ0n) is 40.1. The number of ether oxygens (including phenoxy) is 4. The van der Waals surface area contributed by atoms with Crippen LogP contribution in [-0.2, 0) is 33.3 Å². The zero-order valence-corrected chi connectivity index (χ0v) is 40.1. The second-order valence-corrected chi connectivity index (χ2v) is 18.5. The van der Waals surface area contributed by atoms with Gasteiger partial charge in [0.1, 0.15) is 13.2 Å². The summed E-state index contributed by atoms with van der Waals surface area (Å²) in [6.07, 6.45) is 44.0. The standard InChI is InChI=1S/C51H97NO8/c1-6-8-10-12-14-16-18-20-21-22-23-24-25-26-27-28-29-30-32-33-35-37-39-41-48(53)58-45-47(46-59-51(50(55)56)57-44-43-52(3,4)5)60-49(54)42-40-38-36-34-31-19-17-15-13-11-9-7-2/h15,17,47,51H,6-14,16,18-46H2,1-5H3/b17-15-. The number of carboxylic acid groups (broad SMARTS) is 1. The van der Waals surface area contributed by atoms with Crippen LogP contribution in [0.5, 0.6) is 0 Å². The van der Waals surface area contributed by atoms with E-state index in [1.807, 2.05) is 21.1 Å². The predicted octanol–water partition coefficient (Wildman–Crippen LogP) is 12.5. The molecule has 0 aromatic rings. The average molecular weight is 852 g/mol. The summed E-state index contributed by atoms with van der Waals surface area (Å²) in [6.45, 7) is 4.74. The van der Waals surface area contributed by atoms with Crippen LogP contribution in [0.2, 0.25) is 0 Å². The summed E-state index contributed by atoms with van der Waals surface area (Å²) in [5, 5.41) is 11.7. The number of nitrogens with zero attached hydrogens (tertiary/aromatic N) is 1. The lowest BCUT2D eigenvalue weighted by Crippen LogP contribution is -2.44. The number of esters is 2. The Bertz CT molecular complexity index is 996. The van der Waals surface area contributed by atoms with E-state index in [2.05, 4.69) is 26.0 Å². The van der Waals surface area contributed by atoms with Crippen LogP contribution in [0.1, 0.15) is 239 Å². The number of carboxylic acids is 1. The number of quaternary nitrogens is 1. The molecule has 60 heavy (non-hydrogen) atoms. The monoisotopic (exact) mass is 852 g/mol. The molecule has 0 saturated carbocycles. The van der Waals surface area contributed by atoms with Gasteiger partial charge in [0, 0.05) is 12.8 Å². The third kappa shape index (κ3) is 44.1. The van der Waals surface area contributed by atoms with Crippen molar-refractivity contribution in [2.45, 2.75) is 251 Å². The van der Waals surface area contributed by atoms with Crippen molar-refractivity contribution in [2.75, 3.05) is 47.5 Å². The van der Waals surface area contributed by atoms with Gasteiger partial charge in [0.15, 0.2) is 12.4 Å². The van der Waals surface area contributed by atoms with E-state index >= 15 is 0 Å². The van der Waals surface area contributed by atoms with Crippen molar-refractivity contribution >= 4 is 17.9 Å². The van der Waals surface area contributed by atoms with Crippen LogP contribution in [0.3, 0.4) is 0 Å². The molecule has 0 aromatic carbocycles. The topological polar surface area (TPSA) is 111 Å². The van der Waals surface area contributed by atoms with Gasteiger partial charge in [-0.1, -0.05) is 199 Å². The maximum Gasteiger partial charge on any atom is 0.306 e. The molecule has 0 aliphatic carbocycles. The first-order chi connectivity index (χ1) is 29.1. The predicted molar refractivity (Wildman–Crippen MR) is 247 cm³/mol. The van der Waals surface area contributed by atoms with Crippen molar-refractivity contribution in [1.29, 1.82) is 0 Å². The summed E-state index contributed by atoms with van der Waals surface area (Å²) in [5.41, 5.74) is 0. The van der Waals surface area contributed by atoms with E-state index in [4.69, 9.17) is 18.9 Å². The number of carbonyl (C=O) groups excluding carboxylic acids is 3. The lowest BCUT2D eigenvalue weighted by Gasteiger charge is -2.26. The van der Waals surface area contributed by atoms with Gasteiger partial charge in [-0.05, 0) is 38.5 Å². The highest BCUT2D eigenvalue weighted by Gasteiger charge is 2.22. The number of carbonyl (C=O) groups is 3. The highest BCUT2D eigenvalue weighted by atomic mass is 16.7. The molecule has 9 nitrogen and oxygen atoms in total. The fraction of sp³-hybridized carbons (Fsp3) is 0.902. The third-order valence-corrected chi connectivity index (χ3v) is 11.3. The van der Waals surface area contributed by atoms with Gasteiger partial charge in [-0.15, -0.1) is 0 Å². The highest BCUT2D eigenvalue weighted by molar-refractivity contribution is 5.70. The number of hydrogen-bond donors (Lipinski definition) is 0. The van der Waals surface area contributed by atoms with Gasteiger partial charge in [-0.3, -0.25) is 9.59 Å². The molecule has 0 fully saturated rings. The van der Waals surface area contributed by atoms with Crippen LogP contribution in [0.4, 0.5) is 0 Å². The number of unbranched alkanes of at least 4 members (excludes halogenated alkanes) is 30. The van der Waals surface area contributed by atoms with E-state index in [0.29, 0.717) is 23.9 Å². The molecule has 0 amide bonds. The Morgan fingerprint density at radius 1 is 0.483 bits per heavy atom. The van der Waals surface area contributed by atoms with E-state index in [-0.39, 0.29) is 32.2 Å². The summed E-state index contributed by atoms with van der Waals surface area (Å²) in [5.74, 6) is -2.28. The van der Waals surface area contributed by atoms with E-state index in [9.17, 15) is 19.5 Å². The molecule has 0 aromatic heterocycles. The number of hydrogen-bond acceptors (Lipinski definition) is 8. The Kier molecular flexibility index (Phi) is 42.2.